The predicted octanol–water partition coefficient (Wildman–Crippen LogP) is 2.29. The number of rotatable bonds is 5. The average molecular weight is 335 g/mol. The molecule has 0 bridgehead atoms. The van der Waals surface area contributed by atoms with E-state index in [1.807, 2.05) is 13.0 Å². The normalized spacial score (nSPS) is 11.0. The van der Waals surface area contributed by atoms with Crippen LogP contribution in [0.5, 0.6) is 0 Å². The monoisotopic (exact) mass is 335 g/mol. The number of aromatic nitrogens is 2. The van der Waals surface area contributed by atoms with Crippen LogP contribution in [0, 0.1) is 6.92 Å². The Morgan fingerprint density at radius 2 is 2.41 bits per heavy atom. The summed E-state index contributed by atoms with van der Waals surface area (Å²) in [5.41, 5.74) is -0.173. The summed E-state index contributed by atoms with van der Waals surface area (Å²) in [6.45, 7) is 2.28. The second-order valence-corrected chi connectivity index (χ2v) is 6.79. The lowest BCUT2D eigenvalue weighted by Gasteiger charge is -2.03. The maximum Gasteiger partial charge on any atom is 0.260 e. The smallest absolute Gasteiger partial charge is 0.260 e. The Hall–Kier alpha value is -2.06. The highest BCUT2D eigenvalue weighted by molar-refractivity contribution is 7.99. The summed E-state index contributed by atoms with van der Waals surface area (Å²) in [6.07, 6.45) is 1.56. The van der Waals surface area contributed by atoms with Crippen LogP contribution in [0.25, 0.3) is 10.2 Å². The van der Waals surface area contributed by atoms with Crippen LogP contribution in [0.3, 0.4) is 0 Å². The summed E-state index contributed by atoms with van der Waals surface area (Å²) in [5, 5.41) is 3.78. The Bertz CT molecular complexity index is 852. The first-order chi connectivity index (χ1) is 10.6. The number of furan rings is 1. The summed E-state index contributed by atoms with van der Waals surface area (Å²) in [4.78, 5) is 32.5. The maximum absolute atomic E-state index is 11.9. The van der Waals surface area contributed by atoms with E-state index in [0.29, 0.717) is 27.7 Å². The van der Waals surface area contributed by atoms with E-state index in [0.717, 1.165) is 4.88 Å². The average Bonchev–Trinajstić information content (AvgIpc) is 3.11. The van der Waals surface area contributed by atoms with Crippen LogP contribution >= 0.6 is 23.1 Å². The van der Waals surface area contributed by atoms with E-state index in [2.05, 4.69) is 15.3 Å². The summed E-state index contributed by atoms with van der Waals surface area (Å²) in [5.74, 6) is 0.728. The van der Waals surface area contributed by atoms with Crippen LogP contribution in [0.15, 0.2) is 38.8 Å². The molecule has 8 heteroatoms. The van der Waals surface area contributed by atoms with Gasteiger partial charge in [0.05, 0.1) is 23.9 Å². The molecule has 114 valence electrons. The van der Waals surface area contributed by atoms with Gasteiger partial charge in [0.15, 0.2) is 5.16 Å². The largest absolute Gasteiger partial charge is 0.467 e. The van der Waals surface area contributed by atoms with Gasteiger partial charge >= 0.3 is 0 Å². The van der Waals surface area contributed by atoms with Crippen molar-refractivity contribution < 1.29 is 9.21 Å². The van der Waals surface area contributed by atoms with Gasteiger partial charge in [-0.2, -0.15) is 0 Å². The first-order valence-electron chi connectivity index (χ1n) is 6.54. The minimum atomic E-state index is -0.173. The number of carbonyl (C=O) groups excluding carboxylic acids is 1. The third-order valence-corrected chi connectivity index (χ3v) is 4.70. The summed E-state index contributed by atoms with van der Waals surface area (Å²) in [7, 11) is 0. The second-order valence-electron chi connectivity index (χ2n) is 4.59. The van der Waals surface area contributed by atoms with Gasteiger partial charge in [-0.05, 0) is 25.1 Å². The van der Waals surface area contributed by atoms with Gasteiger partial charge in [0.25, 0.3) is 5.56 Å². The topological polar surface area (TPSA) is 88.0 Å². The van der Waals surface area contributed by atoms with Crippen molar-refractivity contribution in [3.8, 4) is 0 Å². The zero-order valence-electron chi connectivity index (χ0n) is 11.7. The molecule has 0 atom stereocenters. The Labute approximate surface area is 133 Å². The van der Waals surface area contributed by atoms with Crippen molar-refractivity contribution in [1.29, 1.82) is 0 Å². The van der Waals surface area contributed by atoms with Gasteiger partial charge in [-0.3, -0.25) is 9.59 Å². The molecule has 3 heterocycles. The van der Waals surface area contributed by atoms with Crippen LogP contribution < -0.4 is 10.9 Å². The van der Waals surface area contributed by atoms with E-state index < -0.39 is 0 Å². The third kappa shape index (κ3) is 3.40. The fourth-order valence-corrected chi connectivity index (χ4v) is 3.51. The molecule has 22 heavy (non-hydrogen) atoms. The lowest BCUT2D eigenvalue weighted by molar-refractivity contribution is -0.118. The van der Waals surface area contributed by atoms with Crippen molar-refractivity contribution in [2.24, 2.45) is 0 Å². The molecule has 0 aliphatic heterocycles. The fourth-order valence-electron chi connectivity index (χ4n) is 1.88. The van der Waals surface area contributed by atoms with Gasteiger partial charge in [0.2, 0.25) is 5.91 Å². The molecule has 3 aromatic heterocycles. The SMILES string of the molecule is Cc1cc2c(=O)[nH]c(SCC(=O)NCc3ccco3)nc2s1. The first kappa shape index (κ1) is 14.9. The van der Waals surface area contributed by atoms with E-state index in [-0.39, 0.29) is 17.2 Å². The molecule has 6 nitrogen and oxygen atoms in total. The summed E-state index contributed by atoms with van der Waals surface area (Å²) < 4.78 is 5.13. The standard InChI is InChI=1S/C14H13N3O3S2/c1-8-5-10-12(19)16-14(17-13(10)22-8)21-7-11(18)15-6-9-3-2-4-20-9/h2-5H,6-7H2,1H3,(H,15,18)(H,16,17,19). The molecule has 0 spiro atoms. The molecule has 3 aromatic rings. The van der Waals surface area contributed by atoms with Crippen LogP contribution in [-0.4, -0.2) is 21.6 Å². The van der Waals surface area contributed by atoms with E-state index in [1.165, 1.54) is 23.1 Å². The fraction of sp³-hybridized carbons (Fsp3) is 0.214. The Kier molecular flexibility index (Phi) is 4.30. The van der Waals surface area contributed by atoms with Crippen molar-refractivity contribution in [1.82, 2.24) is 15.3 Å². The number of carbonyl (C=O) groups is 1. The number of fused-ring (bicyclic) bond motifs is 1. The molecule has 0 saturated carbocycles. The molecular weight excluding hydrogens is 322 g/mol. The van der Waals surface area contributed by atoms with Gasteiger partial charge in [-0.25, -0.2) is 4.98 Å². The molecule has 0 saturated heterocycles. The predicted molar refractivity (Wildman–Crippen MR) is 86.3 cm³/mol. The van der Waals surface area contributed by atoms with E-state index in [1.54, 1.807) is 18.4 Å². The maximum atomic E-state index is 11.9. The molecule has 0 radical (unpaired) electrons. The van der Waals surface area contributed by atoms with Crippen molar-refractivity contribution in [2.75, 3.05) is 5.75 Å². The van der Waals surface area contributed by atoms with Crippen LogP contribution in [-0.2, 0) is 11.3 Å². The van der Waals surface area contributed by atoms with Gasteiger partial charge in [0, 0.05) is 4.88 Å². The Morgan fingerprint density at radius 1 is 1.55 bits per heavy atom. The van der Waals surface area contributed by atoms with Crippen molar-refractivity contribution >= 4 is 39.2 Å². The van der Waals surface area contributed by atoms with E-state index in [9.17, 15) is 9.59 Å². The number of H-pyrrole nitrogens is 1. The van der Waals surface area contributed by atoms with Crippen LogP contribution in [0.4, 0.5) is 0 Å². The number of amides is 1. The first-order valence-corrected chi connectivity index (χ1v) is 8.34. The lowest BCUT2D eigenvalue weighted by atomic mass is 10.4. The van der Waals surface area contributed by atoms with E-state index in [4.69, 9.17) is 4.42 Å². The highest BCUT2D eigenvalue weighted by Crippen LogP contribution is 2.22. The quantitative estimate of drug-likeness (QED) is 0.552. The molecular formula is C14H13N3O3S2. The number of aryl methyl sites for hydroxylation is 1. The summed E-state index contributed by atoms with van der Waals surface area (Å²) in [6, 6.07) is 5.37. The molecule has 0 aliphatic carbocycles. The van der Waals surface area contributed by atoms with Gasteiger partial charge in [-0.1, -0.05) is 11.8 Å². The van der Waals surface area contributed by atoms with Crippen LogP contribution in [0.1, 0.15) is 10.6 Å². The van der Waals surface area contributed by atoms with Gasteiger partial charge in [-0.15, -0.1) is 11.3 Å². The van der Waals surface area contributed by atoms with Gasteiger partial charge in [0.1, 0.15) is 10.6 Å². The Morgan fingerprint density at radius 3 is 3.18 bits per heavy atom. The number of hydrogen-bond donors (Lipinski definition) is 2. The molecule has 2 N–H and O–H groups in total. The lowest BCUT2D eigenvalue weighted by Crippen LogP contribution is -2.24. The molecule has 0 unspecified atom stereocenters. The van der Waals surface area contributed by atoms with Crippen molar-refractivity contribution in [2.45, 2.75) is 18.6 Å². The molecule has 0 aromatic carbocycles. The molecule has 0 aliphatic rings. The molecule has 0 fully saturated rings. The summed E-state index contributed by atoms with van der Waals surface area (Å²) >= 11 is 2.67. The number of thiophene rings is 1. The zero-order chi connectivity index (χ0) is 15.5. The Balaban J connectivity index is 1.61. The highest BCUT2D eigenvalue weighted by Gasteiger charge is 2.09. The molecule has 3 rings (SSSR count). The number of thioether (sulfide) groups is 1. The third-order valence-electron chi connectivity index (χ3n) is 2.88. The number of nitrogens with one attached hydrogen (secondary N) is 2. The highest BCUT2D eigenvalue weighted by atomic mass is 32.2. The van der Waals surface area contributed by atoms with E-state index >= 15 is 0 Å². The number of aromatic amines is 1. The minimum absolute atomic E-state index is 0.147. The van der Waals surface area contributed by atoms with Crippen LogP contribution in [0.2, 0.25) is 0 Å². The number of hydrogen-bond acceptors (Lipinski definition) is 6. The van der Waals surface area contributed by atoms with Crippen molar-refractivity contribution in [3.05, 3.63) is 45.5 Å². The number of nitrogens with zero attached hydrogens (tertiary/aromatic N) is 1. The molecule has 1 amide bonds. The minimum Gasteiger partial charge on any atom is -0.467 e. The van der Waals surface area contributed by atoms with Crippen molar-refractivity contribution in [3.63, 3.8) is 0 Å². The zero-order valence-corrected chi connectivity index (χ0v) is 13.3. The van der Waals surface area contributed by atoms with Gasteiger partial charge < -0.3 is 14.7 Å². The second kappa shape index (κ2) is 6.37.